The summed E-state index contributed by atoms with van der Waals surface area (Å²) in [6.07, 6.45) is 2.07. The third-order valence-electron chi connectivity index (χ3n) is 3.39. The zero-order chi connectivity index (χ0) is 13.2. The second-order valence-electron chi connectivity index (χ2n) is 5.20. The van der Waals surface area contributed by atoms with Crippen molar-refractivity contribution < 1.29 is 4.79 Å². The molecule has 2 N–H and O–H groups in total. The molecule has 98 valence electrons. The normalized spacial score (nSPS) is 18.1. The van der Waals surface area contributed by atoms with Crippen molar-refractivity contribution in [1.82, 2.24) is 5.32 Å². The van der Waals surface area contributed by atoms with Crippen molar-refractivity contribution in [2.24, 2.45) is 0 Å². The molecule has 0 spiro atoms. The van der Waals surface area contributed by atoms with Crippen LogP contribution in [0.4, 0.5) is 5.69 Å². The van der Waals surface area contributed by atoms with Gasteiger partial charge in [-0.15, -0.1) is 0 Å². The molecule has 2 rings (SSSR count). The smallest absolute Gasteiger partial charge is 0.229 e. The average Bonchev–Trinajstić information content (AvgIpc) is 2.80. The quantitative estimate of drug-likeness (QED) is 0.877. The van der Waals surface area contributed by atoms with E-state index in [1.54, 1.807) is 11.8 Å². The first-order chi connectivity index (χ1) is 8.53. The van der Waals surface area contributed by atoms with E-state index < -0.39 is 0 Å². The van der Waals surface area contributed by atoms with E-state index in [0.717, 1.165) is 11.3 Å². The van der Waals surface area contributed by atoms with Gasteiger partial charge >= 0.3 is 0 Å². The number of benzene rings is 1. The molecule has 0 aliphatic carbocycles. The Bertz CT molecular complexity index is 445. The van der Waals surface area contributed by atoms with Gasteiger partial charge in [0, 0.05) is 23.5 Å². The highest BCUT2D eigenvalue weighted by Gasteiger charge is 2.29. The Morgan fingerprint density at radius 3 is 2.94 bits per heavy atom. The average molecular weight is 264 g/mol. The minimum atomic E-state index is -0.0566. The van der Waals surface area contributed by atoms with Crippen molar-refractivity contribution in [2.45, 2.75) is 24.5 Å². The summed E-state index contributed by atoms with van der Waals surface area (Å²) in [4.78, 5) is 12.2. The highest BCUT2D eigenvalue weighted by molar-refractivity contribution is 7.99. The number of carbonyl (C=O) groups is 1. The summed E-state index contributed by atoms with van der Waals surface area (Å²) >= 11 is 1.77. The van der Waals surface area contributed by atoms with Crippen molar-refractivity contribution in [3.05, 3.63) is 29.8 Å². The summed E-state index contributed by atoms with van der Waals surface area (Å²) in [5, 5.41) is 6.33. The molecular formula is C14H20N2OS. The van der Waals surface area contributed by atoms with E-state index in [9.17, 15) is 4.79 Å². The van der Waals surface area contributed by atoms with Gasteiger partial charge in [0.1, 0.15) is 0 Å². The van der Waals surface area contributed by atoms with Gasteiger partial charge in [-0.05, 0) is 31.7 Å². The minimum Gasteiger partial charge on any atom is -0.384 e. The largest absolute Gasteiger partial charge is 0.384 e. The molecule has 3 nitrogen and oxygen atoms in total. The van der Waals surface area contributed by atoms with Crippen LogP contribution in [0, 0.1) is 0 Å². The van der Waals surface area contributed by atoms with E-state index in [-0.39, 0.29) is 16.6 Å². The first-order valence-electron chi connectivity index (χ1n) is 6.19. The molecule has 1 heterocycles. The summed E-state index contributed by atoms with van der Waals surface area (Å²) in [7, 11) is 0. The Balaban J connectivity index is 2.00. The molecule has 1 aromatic rings. The fourth-order valence-electron chi connectivity index (χ4n) is 2.01. The molecular weight excluding hydrogens is 244 g/mol. The van der Waals surface area contributed by atoms with E-state index in [4.69, 9.17) is 0 Å². The number of anilines is 1. The third-order valence-corrected chi connectivity index (χ3v) is 4.64. The molecule has 18 heavy (non-hydrogen) atoms. The van der Waals surface area contributed by atoms with Gasteiger partial charge in [-0.25, -0.2) is 0 Å². The summed E-state index contributed by atoms with van der Waals surface area (Å²) in [6, 6.07) is 8.02. The SMILES string of the molecule is CSC(C)(C)CNC(=O)C1CNc2ccccc21. The number of fused-ring (bicyclic) bond motifs is 1. The zero-order valence-electron chi connectivity index (χ0n) is 11.1. The van der Waals surface area contributed by atoms with Crippen molar-refractivity contribution >= 4 is 23.4 Å². The predicted molar refractivity (Wildman–Crippen MR) is 78.3 cm³/mol. The lowest BCUT2D eigenvalue weighted by Gasteiger charge is -2.23. The van der Waals surface area contributed by atoms with Gasteiger partial charge in [0.25, 0.3) is 0 Å². The van der Waals surface area contributed by atoms with Crippen molar-refractivity contribution in [1.29, 1.82) is 0 Å². The summed E-state index contributed by atoms with van der Waals surface area (Å²) in [5.41, 5.74) is 2.19. The van der Waals surface area contributed by atoms with Crippen LogP contribution in [0.15, 0.2) is 24.3 Å². The van der Waals surface area contributed by atoms with Gasteiger partial charge in [-0.2, -0.15) is 11.8 Å². The number of nitrogens with one attached hydrogen (secondary N) is 2. The molecule has 1 atom stereocenters. The molecule has 1 aliphatic heterocycles. The summed E-state index contributed by atoms with van der Waals surface area (Å²) < 4.78 is 0.0845. The van der Waals surface area contributed by atoms with Crippen LogP contribution in [0.3, 0.4) is 0 Å². The Labute approximate surface area is 113 Å². The number of amides is 1. The van der Waals surface area contributed by atoms with Crippen LogP contribution in [0.2, 0.25) is 0 Å². The van der Waals surface area contributed by atoms with Gasteiger partial charge in [0.15, 0.2) is 0 Å². The van der Waals surface area contributed by atoms with Crippen LogP contribution < -0.4 is 10.6 Å². The minimum absolute atomic E-state index is 0.0566. The molecule has 0 saturated heterocycles. The predicted octanol–water partition coefficient (Wildman–Crippen LogP) is 2.45. The summed E-state index contributed by atoms with van der Waals surface area (Å²) in [5.74, 6) is 0.0634. The lowest BCUT2D eigenvalue weighted by molar-refractivity contribution is -0.122. The molecule has 1 amide bonds. The maximum atomic E-state index is 12.2. The Morgan fingerprint density at radius 1 is 1.50 bits per heavy atom. The highest BCUT2D eigenvalue weighted by Crippen LogP contribution is 2.31. The monoisotopic (exact) mass is 264 g/mol. The topological polar surface area (TPSA) is 41.1 Å². The number of hydrogen-bond acceptors (Lipinski definition) is 3. The van der Waals surface area contributed by atoms with E-state index in [1.165, 1.54) is 0 Å². The molecule has 0 bridgehead atoms. The lowest BCUT2D eigenvalue weighted by Crippen LogP contribution is -2.39. The number of hydrogen-bond donors (Lipinski definition) is 2. The third kappa shape index (κ3) is 2.80. The summed E-state index contributed by atoms with van der Waals surface area (Å²) in [6.45, 7) is 5.67. The molecule has 0 radical (unpaired) electrons. The maximum Gasteiger partial charge on any atom is 0.229 e. The highest BCUT2D eigenvalue weighted by atomic mass is 32.2. The first kappa shape index (κ1) is 13.3. The van der Waals surface area contributed by atoms with Crippen LogP contribution in [-0.2, 0) is 4.79 Å². The maximum absolute atomic E-state index is 12.2. The Hall–Kier alpha value is -1.16. The number of carbonyl (C=O) groups excluding carboxylic acids is 1. The van der Waals surface area contributed by atoms with Gasteiger partial charge in [0.05, 0.1) is 5.92 Å². The van der Waals surface area contributed by atoms with Gasteiger partial charge in [0.2, 0.25) is 5.91 Å². The molecule has 0 aromatic heterocycles. The number of rotatable bonds is 4. The molecule has 0 fully saturated rings. The van der Waals surface area contributed by atoms with Crippen molar-refractivity contribution in [3.8, 4) is 0 Å². The van der Waals surface area contributed by atoms with Crippen molar-refractivity contribution in [2.75, 3.05) is 24.7 Å². The molecule has 1 unspecified atom stereocenters. The van der Waals surface area contributed by atoms with Crippen LogP contribution in [0.25, 0.3) is 0 Å². The fraction of sp³-hybridized carbons (Fsp3) is 0.500. The van der Waals surface area contributed by atoms with E-state index >= 15 is 0 Å². The Morgan fingerprint density at radius 2 is 2.22 bits per heavy atom. The van der Waals surface area contributed by atoms with Gasteiger partial charge < -0.3 is 10.6 Å². The van der Waals surface area contributed by atoms with Crippen molar-refractivity contribution in [3.63, 3.8) is 0 Å². The second kappa shape index (κ2) is 5.22. The van der Waals surface area contributed by atoms with Gasteiger partial charge in [-0.1, -0.05) is 18.2 Å². The van der Waals surface area contributed by atoms with Gasteiger partial charge in [-0.3, -0.25) is 4.79 Å². The molecule has 0 saturated carbocycles. The molecule has 1 aliphatic rings. The number of para-hydroxylation sites is 1. The number of thioether (sulfide) groups is 1. The zero-order valence-corrected chi connectivity index (χ0v) is 11.9. The molecule has 1 aromatic carbocycles. The molecule has 4 heteroatoms. The van der Waals surface area contributed by atoms with Crippen LogP contribution >= 0.6 is 11.8 Å². The van der Waals surface area contributed by atoms with Crippen LogP contribution in [0.1, 0.15) is 25.3 Å². The van der Waals surface area contributed by atoms with E-state index in [1.807, 2.05) is 24.3 Å². The second-order valence-corrected chi connectivity index (χ2v) is 6.72. The first-order valence-corrected chi connectivity index (χ1v) is 7.41. The fourth-order valence-corrected chi connectivity index (χ4v) is 2.23. The van der Waals surface area contributed by atoms with Crippen LogP contribution in [-0.4, -0.2) is 30.0 Å². The Kier molecular flexibility index (Phi) is 3.85. The standard InChI is InChI=1S/C14H20N2OS/c1-14(2,18-3)9-16-13(17)11-8-15-12-7-5-4-6-10(11)12/h4-7,11,15H,8-9H2,1-3H3,(H,16,17). The van der Waals surface area contributed by atoms with E-state index in [2.05, 4.69) is 30.7 Å². The lowest BCUT2D eigenvalue weighted by atomic mass is 10.0. The van der Waals surface area contributed by atoms with Crippen LogP contribution in [0.5, 0.6) is 0 Å². The van der Waals surface area contributed by atoms with E-state index in [0.29, 0.717) is 13.1 Å².